The molecule has 3 rings (SSSR count). The van der Waals surface area contributed by atoms with Gasteiger partial charge in [-0.2, -0.15) is 0 Å². The first-order valence-corrected chi connectivity index (χ1v) is 6.37. The summed E-state index contributed by atoms with van der Waals surface area (Å²) in [4.78, 5) is 15.4. The predicted octanol–water partition coefficient (Wildman–Crippen LogP) is 3.06. The second kappa shape index (κ2) is 4.23. The molecule has 0 saturated heterocycles. The van der Waals surface area contributed by atoms with Crippen molar-refractivity contribution in [2.24, 2.45) is 5.73 Å². The van der Waals surface area contributed by atoms with Crippen LogP contribution in [0.15, 0.2) is 47.8 Å². The van der Waals surface area contributed by atoms with E-state index in [-0.39, 0.29) is 0 Å². The quantitative estimate of drug-likeness (QED) is 0.764. The van der Waals surface area contributed by atoms with Gasteiger partial charge in [0.1, 0.15) is 0 Å². The Balaban J connectivity index is 2.21. The molecule has 1 aromatic heterocycles. The topological polar surface area (TPSA) is 56.0 Å². The summed E-state index contributed by atoms with van der Waals surface area (Å²) in [7, 11) is 0. The molecule has 0 bridgehead atoms. The van der Waals surface area contributed by atoms with E-state index in [2.05, 4.69) is 17.1 Å². The highest BCUT2D eigenvalue weighted by molar-refractivity contribution is 7.12. The van der Waals surface area contributed by atoms with Crippen LogP contribution in [0.2, 0.25) is 0 Å². The Morgan fingerprint density at radius 3 is 2.67 bits per heavy atom. The number of nitrogens with two attached hydrogens (primary N) is 1. The fraction of sp³-hybridized carbons (Fsp3) is 0. The Morgan fingerprint density at radius 1 is 1.11 bits per heavy atom. The summed E-state index contributed by atoms with van der Waals surface area (Å²) in [6.07, 6.45) is 0. The zero-order valence-electron chi connectivity index (χ0n) is 9.46. The minimum absolute atomic E-state index is 0.345. The molecule has 0 aliphatic carbocycles. The summed E-state index contributed by atoms with van der Waals surface area (Å²) in [6, 6.07) is 14.1. The van der Waals surface area contributed by atoms with Crippen molar-refractivity contribution >= 4 is 28.0 Å². The molecule has 0 unspecified atom stereocenters. The third-order valence-electron chi connectivity index (χ3n) is 2.78. The van der Waals surface area contributed by atoms with Gasteiger partial charge in [0.25, 0.3) is 5.91 Å². The van der Waals surface area contributed by atoms with E-state index in [9.17, 15) is 4.79 Å². The number of nitrogens with zero attached hydrogens (tertiary/aromatic N) is 1. The summed E-state index contributed by atoms with van der Waals surface area (Å²) in [6.45, 7) is 0. The smallest absolute Gasteiger partial charge is 0.277 e. The Kier molecular flexibility index (Phi) is 2.57. The van der Waals surface area contributed by atoms with Crippen LogP contribution in [0.5, 0.6) is 0 Å². The number of hydrogen-bond donors (Lipinski definition) is 1. The van der Waals surface area contributed by atoms with Gasteiger partial charge in [-0.25, -0.2) is 4.98 Å². The number of primary amides is 1. The van der Waals surface area contributed by atoms with Gasteiger partial charge in [0.15, 0.2) is 5.01 Å². The van der Waals surface area contributed by atoms with Gasteiger partial charge in [0, 0.05) is 10.9 Å². The summed E-state index contributed by atoms with van der Waals surface area (Å²) in [5.41, 5.74) is 7.05. The maximum absolute atomic E-state index is 11.1. The second-order valence-electron chi connectivity index (χ2n) is 3.93. The highest BCUT2D eigenvalue weighted by Gasteiger charge is 2.10. The van der Waals surface area contributed by atoms with Crippen LogP contribution < -0.4 is 5.73 Å². The van der Waals surface area contributed by atoms with Gasteiger partial charge in [-0.05, 0) is 10.8 Å². The molecule has 88 valence electrons. The molecule has 0 aliphatic heterocycles. The van der Waals surface area contributed by atoms with Gasteiger partial charge < -0.3 is 5.73 Å². The van der Waals surface area contributed by atoms with Crippen LogP contribution in [0, 0.1) is 0 Å². The first-order valence-electron chi connectivity index (χ1n) is 5.49. The van der Waals surface area contributed by atoms with Gasteiger partial charge in [-0.15, -0.1) is 11.3 Å². The van der Waals surface area contributed by atoms with E-state index in [1.807, 2.05) is 35.7 Å². The lowest BCUT2D eigenvalue weighted by atomic mass is 10.0. The van der Waals surface area contributed by atoms with E-state index in [0.717, 1.165) is 22.0 Å². The number of amides is 1. The van der Waals surface area contributed by atoms with Crippen molar-refractivity contribution < 1.29 is 4.79 Å². The molecule has 0 aliphatic rings. The fourth-order valence-electron chi connectivity index (χ4n) is 1.96. The van der Waals surface area contributed by atoms with E-state index in [1.54, 1.807) is 0 Å². The van der Waals surface area contributed by atoms with E-state index < -0.39 is 5.91 Å². The molecule has 0 fully saturated rings. The van der Waals surface area contributed by atoms with Crippen molar-refractivity contribution in [3.63, 3.8) is 0 Å². The lowest BCUT2D eigenvalue weighted by molar-refractivity contribution is 0.1000. The first-order chi connectivity index (χ1) is 8.75. The van der Waals surface area contributed by atoms with E-state index >= 15 is 0 Å². The van der Waals surface area contributed by atoms with Gasteiger partial charge in [-0.3, -0.25) is 4.79 Å². The summed E-state index contributed by atoms with van der Waals surface area (Å²) in [5.74, 6) is -0.480. The third-order valence-corrected chi connectivity index (χ3v) is 3.64. The van der Waals surface area contributed by atoms with Crippen molar-refractivity contribution in [3.8, 4) is 11.3 Å². The first kappa shape index (κ1) is 10.9. The normalized spacial score (nSPS) is 10.7. The maximum atomic E-state index is 11.1. The molecule has 0 atom stereocenters. The van der Waals surface area contributed by atoms with Gasteiger partial charge in [0.05, 0.1) is 5.69 Å². The van der Waals surface area contributed by atoms with Crippen molar-refractivity contribution in [2.75, 3.05) is 0 Å². The van der Waals surface area contributed by atoms with Crippen molar-refractivity contribution in [1.82, 2.24) is 4.98 Å². The van der Waals surface area contributed by atoms with Crippen LogP contribution in [0.3, 0.4) is 0 Å². The Morgan fingerprint density at radius 2 is 1.89 bits per heavy atom. The van der Waals surface area contributed by atoms with Crippen LogP contribution >= 0.6 is 11.3 Å². The van der Waals surface area contributed by atoms with Crippen molar-refractivity contribution in [1.29, 1.82) is 0 Å². The number of thiazole rings is 1. The SMILES string of the molecule is NC(=O)c1nc(-c2cccc3ccccc23)cs1. The molecule has 18 heavy (non-hydrogen) atoms. The summed E-state index contributed by atoms with van der Waals surface area (Å²) >= 11 is 1.28. The molecule has 1 amide bonds. The van der Waals surface area contributed by atoms with Crippen molar-refractivity contribution in [2.45, 2.75) is 0 Å². The average Bonchev–Trinajstić information content (AvgIpc) is 2.87. The zero-order valence-corrected chi connectivity index (χ0v) is 10.3. The third kappa shape index (κ3) is 1.76. The van der Waals surface area contributed by atoms with Gasteiger partial charge >= 0.3 is 0 Å². The molecule has 0 spiro atoms. The second-order valence-corrected chi connectivity index (χ2v) is 4.79. The van der Waals surface area contributed by atoms with Crippen LogP contribution in [-0.4, -0.2) is 10.9 Å². The largest absolute Gasteiger partial charge is 0.364 e. The van der Waals surface area contributed by atoms with Crippen LogP contribution in [-0.2, 0) is 0 Å². The average molecular weight is 254 g/mol. The predicted molar refractivity (Wildman–Crippen MR) is 73.6 cm³/mol. The molecule has 0 radical (unpaired) electrons. The summed E-state index contributed by atoms with van der Waals surface area (Å²) < 4.78 is 0. The molecule has 2 aromatic carbocycles. The number of hydrogen-bond acceptors (Lipinski definition) is 3. The lowest BCUT2D eigenvalue weighted by Gasteiger charge is -2.03. The molecular weight excluding hydrogens is 244 g/mol. The molecule has 4 heteroatoms. The Hall–Kier alpha value is -2.20. The highest BCUT2D eigenvalue weighted by Crippen LogP contribution is 2.29. The Labute approximate surface area is 108 Å². The van der Waals surface area contributed by atoms with E-state index in [0.29, 0.717) is 5.01 Å². The summed E-state index contributed by atoms with van der Waals surface area (Å²) in [5, 5.41) is 4.49. The van der Waals surface area contributed by atoms with Crippen LogP contribution in [0.4, 0.5) is 0 Å². The molecular formula is C14H10N2OS. The van der Waals surface area contributed by atoms with Crippen LogP contribution in [0.25, 0.3) is 22.0 Å². The molecule has 1 heterocycles. The minimum Gasteiger partial charge on any atom is -0.364 e. The number of carbonyl (C=O) groups excluding carboxylic acids is 1. The molecule has 0 saturated carbocycles. The maximum Gasteiger partial charge on any atom is 0.277 e. The molecule has 3 aromatic rings. The highest BCUT2D eigenvalue weighted by atomic mass is 32.1. The Bertz CT molecular complexity index is 728. The van der Waals surface area contributed by atoms with E-state index in [1.165, 1.54) is 11.3 Å². The fourth-order valence-corrected chi connectivity index (χ4v) is 2.63. The van der Waals surface area contributed by atoms with Crippen LogP contribution in [0.1, 0.15) is 9.80 Å². The molecule has 2 N–H and O–H groups in total. The number of fused-ring (bicyclic) bond motifs is 1. The zero-order chi connectivity index (χ0) is 12.5. The lowest BCUT2D eigenvalue weighted by Crippen LogP contribution is -2.10. The number of aromatic nitrogens is 1. The number of benzene rings is 2. The minimum atomic E-state index is -0.480. The van der Waals surface area contributed by atoms with Gasteiger partial charge in [-0.1, -0.05) is 42.5 Å². The monoisotopic (exact) mass is 254 g/mol. The number of rotatable bonds is 2. The molecule has 3 nitrogen and oxygen atoms in total. The van der Waals surface area contributed by atoms with Gasteiger partial charge in [0.2, 0.25) is 0 Å². The van der Waals surface area contributed by atoms with Crippen molar-refractivity contribution in [3.05, 3.63) is 52.9 Å². The standard InChI is InChI=1S/C14H10N2OS/c15-13(17)14-16-12(8-18-14)11-7-3-5-9-4-1-2-6-10(9)11/h1-8H,(H2,15,17). The van der Waals surface area contributed by atoms with E-state index in [4.69, 9.17) is 5.73 Å². The number of carbonyl (C=O) groups is 1.